The lowest BCUT2D eigenvalue weighted by Crippen LogP contribution is -2.05. The predicted octanol–water partition coefficient (Wildman–Crippen LogP) is 17.2. The third kappa shape index (κ3) is 7.62. The number of hydrogen-bond acceptors (Lipinski definition) is 4. The average molecular weight is 949 g/mol. The summed E-state index contributed by atoms with van der Waals surface area (Å²) in [5.41, 5.74) is 20.4. The summed E-state index contributed by atoms with van der Waals surface area (Å²) in [7, 11) is 0. The molecule has 0 spiro atoms. The smallest absolute Gasteiger partial charge is 0.164 e. The van der Waals surface area contributed by atoms with Gasteiger partial charge in [-0.2, -0.15) is 5.26 Å². The lowest BCUT2D eigenvalue weighted by atomic mass is 9.94. The number of fused-ring (bicyclic) bond motifs is 6. The van der Waals surface area contributed by atoms with Crippen molar-refractivity contribution >= 4 is 43.6 Å². The zero-order chi connectivity index (χ0) is 50.0. The van der Waals surface area contributed by atoms with Gasteiger partial charge in [-0.25, -0.2) is 15.0 Å². The van der Waals surface area contributed by atoms with Gasteiger partial charge in [0.2, 0.25) is 0 Å². The van der Waals surface area contributed by atoms with Crippen molar-refractivity contribution in [2.75, 3.05) is 0 Å². The molecule has 0 aliphatic heterocycles. The first-order chi connectivity index (χ1) is 36.3. The lowest BCUT2D eigenvalue weighted by Gasteiger charge is -2.20. The Morgan fingerprint density at radius 3 is 1.26 bits per heavy atom. The first-order valence-electron chi connectivity index (χ1n) is 25.1. The normalized spacial score (nSPS) is 11.5. The van der Waals surface area contributed by atoms with Gasteiger partial charge >= 0.3 is 0 Å². The Kier molecular flexibility index (Phi) is 10.7. The molecule has 0 saturated heterocycles. The van der Waals surface area contributed by atoms with Gasteiger partial charge < -0.3 is 9.13 Å². The fraction of sp³-hybridized carbons (Fsp3) is 0.0588. The van der Waals surface area contributed by atoms with Gasteiger partial charge in [-0.1, -0.05) is 174 Å². The highest BCUT2D eigenvalue weighted by molar-refractivity contribution is 6.13. The van der Waals surface area contributed by atoms with Crippen LogP contribution in [0.4, 0.5) is 0 Å². The molecule has 0 saturated carbocycles. The fourth-order valence-electron chi connectivity index (χ4n) is 11.2. The molecule has 0 fully saturated rings. The van der Waals surface area contributed by atoms with Gasteiger partial charge in [0.25, 0.3) is 0 Å². The van der Waals surface area contributed by atoms with Crippen LogP contribution < -0.4 is 0 Å². The summed E-state index contributed by atoms with van der Waals surface area (Å²) in [6.45, 7) is 8.62. The highest BCUT2D eigenvalue weighted by Gasteiger charge is 2.25. The van der Waals surface area contributed by atoms with E-state index < -0.39 is 0 Å². The molecule has 0 unspecified atom stereocenters. The topological polar surface area (TPSA) is 72.3 Å². The number of rotatable bonds is 8. The highest BCUT2D eigenvalue weighted by Crippen LogP contribution is 2.45. The van der Waals surface area contributed by atoms with Crippen molar-refractivity contribution in [3.63, 3.8) is 0 Å². The number of aryl methyl sites for hydroxylation is 4. The van der Waals surface area contributed by atoms with Crippen LogP contribution in [-0.2, 0) is 0 Å². The quantitative estimate of drug-likeness (QED) is 0.152. The molecule has 3 heterocycles. The fourth-order valence-corrected chi connectivity index (χ4v) is 11.2. The standard InChI is InChI=1S/C68H48N6/c1-42-32-43(2)35-52(34-42)48-26-29-61-56(38-48)54-21-11-13-23-59(54)73(61)63-31-28-50(68-71-66(46-16-7-5-8-17-46)70-67(72-68)47-18-9-6-10-19-47)40-58(63)65-51(41-69)20-15-25-64(65)74-60-24-14-12-22-55(60)57-39-49(27-30-62(57)74)53-36-44(3)33-45(4)37-53/h5-40H,1-4H3. The molecule has 74 heavy (non-hydrogen) atoms. The van der Waals surface area contributed by atoms with E-state index in [1.807, 2.05) is 72.8 Å². The second kappa shape index (κ2) is 17.9. The molecule has 6 heteroatoms. The highest BCUT2D eigenvalue weighted by atomic mass is 15.0. The van der Waals surface area contributed by atoms with E-state index in [4.69, 9.17) is 15.0 Å². The second-order valence-corrected chi connectivity index (χ2v) is 19.5. The lowest BCUT2D eigenvalue weighted by molar-refractivity contribution is 1.07. The van der Waals surface area contributed by atoms with E-state index in [-0.39, 0.29) is 0 Å². The maximum absolute atomic E-state index is 11.4. The van der Waals surface area contributed by atoms with Crippen LogP contribution in [0.1, 0.15) is 27.8 Å². The van der Waals surface area contributed by atoms with E-state index in [0.717, 1.165) is 93.9 Å². The SMILES string of the molecule is Cc1cc(C)cc(-c2ccc3c(c2)c2ccccc2n3-c2ccc(-c3nc(-c4ccccc4)nc(-c4ccccc4)n3)cc2-c2c(C#N)cccc2-n2c3ccccc3c3cc(-c4cc(C)cc(C)c4)ccc32)c1. The van der Waals surface area contributed by atoms with Crippen molar-refractivity contribution in [2.45, 2.75) is 27.7 Å². The van der Waals surface area contributed by atoms with Gasteiger partial charge in [-0.05, 0) is 117 Å². The summed E-state index contributed by atoms with van der Waals surface area (Å²) in [6, 6.07) is 79.7. The number of aromatic nitrogens is 5. The van der Waals surface area contributed by atoms with Gasteiger partial charge in [0.15, 0.2) is 17.5 Å². The van der Waals surface area contributed by atoms with Crippen LogP contribution in [0.3, 0.4) is 0 Å². The summed E-state index contributed by atoms with van der Waals surface area (Å²) in [5.74, 6) is 1.67. The Morgan fingerprint density at radius 2 is 0.757 bits per heavy atom. The summed E-state index contributed by atoms with van der Waals surface area (Å²) < 4.78 is 4.71. The van der Waals surface area contributed by atoms with Gasteiger partial charge in [0, 0.05) is 49.4 Å². The van der Waals surface area contributed by atoms with Crippen LogP contribution in [0, 0.1) is 39.0 Å². The van der Waals surface area contributed by atoms with Crippen molar-refractivity contribution in [2.24, 2.45) is 0 Å². The van der Waals surface area contributed by atoms with Crippen molar-refractivity contribution < 1.29 is 0 Å². The van der Waals surface area contributed by atoms with Gasteiger partial charge in [-0.15, -0.1) is 0 Å². The molecule has 0 atom stereocenters. The molecule has 10 aromatic carbocycles. The maximum atomic E-state index is 11.4. The maximum Gasteiger partial charge on any atom is 0.164 e. The molecule has 0 N–H and O–H groups in total. The molecule has 3 aromatic heterocycles. The monoisotopic (exact) mass is 948 g/mol. The minimum absolute atomic E-state index is 0.526. The summed E-state index contributed by atoms with van der Waals surface area (Å²) in [4.78, 5) is 15.5. The summed E-state index contributed by atoms with van der Waals surface area (Å²) >= 11 is 0. The third-order valence-electron chi connectivity index (χ3n) is 14.3. The Bertz CT molecular complexity index is 4320. The molecular weight excluding hydrogens is 901 g/mol. The molecule has 0 aliphatic rings. The number of hydrogen-bond donors (Lipinski definition) is 0. The number of nitriles is 1. The van der Waals surface area contributed by atoms with Crippen molar-refractivity contribution in [3.8, 4) is 85.0 Å². The predicted molar refractivity (Wildman–Crippen MR) is 305 cm³/mol. The molecule has 350 valence electrons. The molecule has 0 bridgehead atoms. The second-order valence-electron chi connectivity index (χ2n) is 19.5. The molecule has 0 amide bonds. The number of para-hydroxylation sites is 2. The first kappa shape index (κ1) is 44.3. The minimum Gasteiger partial charge on any atom is -0.309 e. The van der Waals surface area contributed by atoms with Gasteiger partial charge in [-0.3, -0.25) is 0 Å². The van der Waals surface area contributed by atoms with Crippen LogP contribution in [-0.4, -0.2) is 24.1 Å². The van der Waals surface area contributed by atoms with Gasteiger partial charge in [0.1, 0.15) is 0 Å². The van der Waals surface area contributed by atoms with Gasteiger partial charge in [0.05, 0.1) is 45.1 Å². The van der Waals surface area contributed by atoms with E-state index in [9.17, 15) is 5.26 Å². The van der Waals surface area contributed by atoms with E-state index >= 15 is 0 Å². The van der Waals surface area contributed by atoms with Crippen LogP contribution in [0.5, 0.6) is 0 Å². The first-order valence-corrected chi connectivity index (χ1v) is 25.1. The van der Waals surface area contributed by atoms with Crippen LogP contribution in [0.15, 0.2) is 218 Å². The molecule has 13 aromatic rings. The van der Waals surface area contributed by atoms with Crippen molar-refractivity contribution in [1.82, 2.24) is 24.1 Å². The van der Waals surface area contributed by atoms with E-state index in [0.29, 0.717) is 23.0 Å². The zero-order valence-electron chi connectivity index (χ0n) is 41.5. The van der Waals surface area contributed by atoms with Crippen LogP contribution in [0.25, 0.3) is 123 Å². The molecular formula is C68H48N6. The average Bonchev–Trinajstić information content (AvgIpc) is 3.94. The van der Waals surface area contributed by atoms with E-state index in [2.05, 4.69) is 188 Å². The summed E-state index contributed by atoms with van der Waals surface area (Å²) in [5, 5.41) is 15.9. The molecule has 0 radical (unpaired) electrons. The number of nitrogens with zero attached hydrogens (tertiary/aromatic N) is 6. The molecule has 0 aliphatic carbocycles. The Hall–Kier alpha value is -9.70. The Balaban J connectivity index is 1.11. The van der Waals surface area contributed by atoms with Crippen molar-refractivity contribution in [1.29, 1.82) is 5.26 Å². The number of benzene rings is 10. The van der Waals surface area contributed by atoms with Crippen molar-refractivity contribution in [3.05, 3.63) is 246 Å². The van der Waals surface area contributed by atoms with E-state index in [1.54, 1.807) is 0 Å². The molecule has 13 rings (SSSR count). The molecule has 6 nitrogen and oxygen atoms in total. The zero-order valence-corrected chi connectivity index (χ0v) is 41.5. The van der Waals surface area contributed by atoms with Crippen LogP contribution in [0.2, 0.25) is 0 Å². The van der Waals surface area contributed by atoms with Crippen LogP contribution >= 0.6 is 0 Å². The summed E-state index contributed by atoms with van der Waals surface area (Å²) in [6.07, 6.45) is 0. The minimum atomic E-state index is 0.526. The third-order valence-corrected chi connectivity index (χ3v) is 14.3. The van der Waals surface area contributed by atoms with E-state index in [1.165, 1.54) is 33.4 Å². The Labute approximate surface area is 429 Å². The Morgan fingerprint density at radius 1 is 0.324 bits per heavy atom. The largest absolute Gasteiger partial charge is 0.309 e.